The number of carbonyl (C=O) groups excluding carboxylic acids is 1. The monoisotopic (exact) mass is 392 g/mol. The van der Waals surface area contributed by atoms with E-state index < -0.39 is 12.1 Å². The minimum atomic E-state index is -1.26. The van der Waals surface area contributed by atoms with Crippen LogP contribution in [0.3, 0.4) is 0 Å². The van der Waals surface area contributed by atoms with E-state index in [-0.39, 0.29) is 17.4 Å². The van der Waals surface area contributed by atoms with Crippen LogP contribution in [-0.4, -0.2) is 23.3 Å². The zero-order chi connectivity index (χ0) is 20.9. The van der Waals surface area contributed by atoms with E-state index in [1.54, 1.807) is 6.08 Å². The van der Waals surface area contributed by atoms with Crippen LogP contribution >= 0.6 is 0 Å². The van der Waals surface area contributed by atoms with Gasteiger partial charge in [0.15, 0.2) is 6.10 Å². The average molecular weight is 393 g/mol. The smallest absolute Gasteiger partial charge is 0.339 e. The number of hydrogen-bond acceptors (Lipinski definition) is 3. The van der Waals surface area contributed by atoms with E-state index >= 15 is 0 Å². The molecule has 3 unspecified atom stereocenters. The summed E-state index contributed by atoms with van der Waals surface area (Å²) in [5, 5.41) is 10.3. The minimum absolute atomic E-state index is 0.114. The van der Waals surface area contributed by atoms with Crippen molar-refractivity contribution in [3.05, 3.63) is 77.9 Å². The summed E-state index contributed by atoms with van der Waals surface area (Å²) in [7, 11) is 0. The Hall–Kier alpha value is -2.39. The third-order valence-electron chi connectivity index (χ3n) is 6.28. The van der Waals surface area contributed by atoms with Gasteiger partial charge in [-0.05, 0) is 41.4 Å². The minimum Gasteiger partial charge on any atom is -0.460 e. The van der Waals surface area contributed by atoms with Crippen LogP contribution in [0.25, 0.3) is 6.08 Å². The molecular weight excluding hydrogens is 360 g/mol. The summed E-state index contributed by atoms with van der Waals surface area (Å²) < 4.78 is 5.89. The molecule has 1 aliphatic rings. The predicted octanol–water partition coefficient (Wildman–Crippen LogP) is 5.39. The number of hydrogen-bond donors (Lipinski definition) is 1. The van der Waals surface area contributed by atoms with E-state index in [0.29, 0.717) is 5.92 Å². The molecule has 0 spiro atoms. The summed E-state index contributed by atoms with van der Waals surface area (Å²) in [6.45, 7) is 6.67. The summed E-state index contributed by atoms with van der Waals surface area (Å²) in [5.74, 6) is 0.160. The van der Waals surface area contributed by atoms with Gasteiger partial charge in [0.2, 0.25) is 0 Å². The summed E-state index contributed by atoms with van der Waals surface area (Å²) in [5.41, 5.74) is 2.08. The fourth-order valence-electron chi connectivity index (χ4n) is 4.43. The van der Waals surface area contributed by atoms with Crippen molar-refractivity contribution in [3.8, 4) is 0 Å². The highest BCUT2D eigenvalue weighted by molar-refractivity contribution is 5.78. The number of ether oxygens (including phenoxy) is 1. The van der Waals surface area contributed by atoms with Crippen LogP contribution in [0.1, 0.15) is 51.2 Å². The Kier molecular flexibility index (Phi) is 6.92. The maximum absolute atomic E-state index is 12.6. The molecule has 0 saturated heterocycles. The van der Waals surface area contributed by atoms with Gasteiger partial charge in [-0.3, -0.25) is 0 Å². The van der Waals surface area contributed by atoms with Gasteiger partial charge in [0.05, 0.1) is 0 Å². The van der Waals surface area contributed by atoms with Gasteiger partial charge in [-0.25, -0.2) is 4.79 Å². The van der Waals surface area contributed by atoms with Crippen LogP contribution in [0.15, 0.2) is 66.7 Å². The maximum Gasteiger partial charge on any atom is 0.339 e. The summed E-state index contributed by atoms with van der Waals surface area (Å²) >= 11 is 0. The molecule has 4 atom stereocenters. The van der Waals surface area contributed by atoms with Crippen LogP contribution in [-0.2, 0) is 14.9 Å². The first-order valence-electron chi connectivity index (χ1n) is 10.5. The molecule has 0 heterocycles. The van der Waals surface area contributed by atoms with Crippen molar-refractivity contribution in [2.24, 2.45) is 11.8 Å². The molecule has 1 saturated carbocycles. The van der Waals surface area contributed by atoms with Crippen molar-refractivity contribution in [1.29, 1.82) is 0 Å². The molecule has 2 aromatic rings. The van der Waals surface area contributed by atoms with Crippen LogP contribution in [0.2, 0.25) is 0 Å². The normalized spacial score (nSPS) is 23.7. The Balaban J connectivity index is 1.72. The SMILES string of the molecule is CC1CCC(C(C)(C)c2ccccc2)C(OC(=O)[C@H](O)C=Cc2ccccc2)C1. The van der Waals surface area contributed by atoms with Gasteiger partial charge in [-0.2, -0.15) is 0 Å². The predicted molar refractivity (Wildman–Crippen MR) is 117 cm³/mol. The van der Waals surface area contributed by atoms with E-state index in [1.165, 1.54) is 11.6 Å². The number of carbonyl (C=O) groups is 1. The van der Waals surface area contributed by atoms with Crippen LogP contribution < -0.4 is 0 Å². The van der Waals surface area contributed by atoms with Crippen LogP contribution in [0.5, 0.6) is 0 Å². The lowest BCUT2D eigenvalue weighted by Gasteiger charge is -2.44. The standard InChI is InChI=1S/C26H32O3/c1-19-14-16-22(26(2,3)21-12-8-5-9-13-21)24(18-19)29-25(28)23(27)17-15-20-10-6-4-7-11-20/h4-13,15,17,19,22-24,27H,14,16,18H2,1-3H3/t19?,22?,23-,24?/m1/s1. The van der Waals surface area contributed by atoms with Gasteiger partial charge in [0, 0.05) is 5.92 Å². The van der Waals surface area contributed by atoms with Gasteiger partial charge in [-0.1, -0.05) is 93.9 Å². The summed E-state index contributed by atoms with van der Waals surface area (Å²) in [4.78, 5) is 12.6. The first kappa shape index (κ1) is 21.3. The molecular formula is C26H32O3. The Morgan fingerprint density at radius 2 is 1.69 bits per heavy atom. The highest BCUT2D eigenvalue weighted by Gasteiger charge is 2.42. The topological polar surface area (TPSA) is 46.5 Å². The van der Waals surface area contributed by atoms with Crippen molar-refractivity contribution in [2.75, 3.05) is 0 Å². The van der Waals surface area contributed by atoms with Crippen molar-refractivity contribution >= 4 is 12.0 Å². The Morgan fingerprint density at radius 3 is 2.34 bits per heavy atom. The third-order valence-corrected chi connectivity index (χ3v) is 6.28. The molecule has 1 aliphatic carbocycles. The second kappa shape index (κ2) is 9.41. The molecule has 3 rings (SSSR count). The van der Waals surface area contributed by atoms with Gasteiger partial charge in [0.1, 0.15) is 6.10 Å². The molecule has 0 aliphatic heterocycles. The summed E-state index contributed by atoms with van der Waals surface area (Å²) in [6, 6.07) is 20.1. The van der Waals surface area contributed by atoms with Crippen LogP contribution in [0.4, 0.5) is 0 Å². The van der Waals surface area contributed by atoms with Crippen LogP contribution in [0, 0.1) is 11.8 Å². The zero-order valence-corrected chi connectivity index (χ0v) is 17.6. The molecule has 29 heavy (non-hydrogen) atoms. The molecule has 1 N–H and O–H groups in total. The number of esters is 1. The third kappa shape index (κ3) is 5.36. The number of rotatable bonds is 6. The fourth-order valence-corrected chi connectivity index (χ4v) is 4.43. The van der Waals surface area contributed by atoms with E-state index in [2.05, 4.69) is 45.0 Å². The molecule has 0 aromatic heterocycles. The first-order valence-corrected chi connectivity index (χ1v) is 10.5. The molecule has 0 amide bonds. The lowest BCUT2D eigenvalue weighted by atomic mass is 9.64. The molecule has 1 fully saturated rings. The number of benzene rings is 2. The van der Waals surface area contributed by atoms with E-state index in [1.807, 2.05) is 36.4 Å². The fraction of sp³-hybridized carbons (Fsp3) is 0.423. The van der Waals surface area contributed by atoms with Gasteiger partial charge >= 0.3 is 5.97 Å². The largest absolute Gasteiger partial charge is 0.460 e. The zero-order valence-electron chi connectivity index (χ0n) is 17.6. The molecule has 3 heteroatoms. The van der Waals surface area contributed by atoms with Crippen molar-refractivity contribution < 1.29 is 14.6 Å². The quantitative estimate of drug-likeness (QED) is 0.671. The van der Waals surface area contributed by atoms with E-state index in [4.69, 9.17) is 4.74 Å². The first-order chi connectivity index (χ1) is 13.9. The van der Waals surface area contributed by atoms with Gasteiger partial charge in [-0.15, -0.1) is 0 Å². The lowest BCUT2D eigenvalue weighted by molar-refractivity contribution is -0.163. The molecule has 3 nitrogen and oxygen atoms in total. The van der Waals surface area contributed by atoms with E-state index in [9.17, 15) is 9.90 Å². The van der Waals surface area contributed by atoms with Crippen molar-refractivity contribution in [1.82, 2.24) is 0 Å². The molecule has 2 aromatic carbocycles. The maximum atomic E-state index is 12.6. The Morgan fingerprint density at radius 1 is 1.07 bits per heavy atom. The highest BCUT2D eigenvalue weighted by atomic mass is 16.6. The highest BCUT2D eigenvalue weighted by Crippen LogP contribution is 2.43. The lowest BCUT2D eigenvalue weighted by Crippen LogP contribution is -2.44. The number of aliphatic hydroxyl groups excluding tert-OH is 1. The molecule has 0 radical (unpaired) electrons. The average Bonchev–Trinajstić information content (AvgIpc) is 2.73. The molecule has 0 bridgehead atoms. The molecule has 154 valence electrons. The second-order valence-electron chi connectivity index (χ2n) is 8.80. The summed E-state index contributed by atoms with van der Waals surface area (Å²) in [6.07, 6.45) is 4.78. The van der Waals surface area contributed by atoms with Gasteiger partial charge < -0.3 is 9.84 Å². The van der Waals surface area contributed by atoms with Gasteiger partial charge in [0.25, 0.3) is 0 Å². The van der Waals surface area contributed by atoms with Crippen molar-refractivity contribution in [3.63, 3.8) is 0 Å². The Labute approximate surface area is 174 Å². The Bertz CT molecular complexity index is 810. The van der Waals surface area contributed by atoms with E-state index in [0.717, 1.165) is 24.8 Å². The van der Waals surface area contributed by atoms with Crippen molar-refractivity contribution in [2.45, 2.75) is 57.7 Å². The second-order valence-corrected chi connectivity index (χ2v) is 8.80. The number of aliphatic hydroxyl groups is 1.